The number of nitrogens with one attached hydrogen (secondary N) is 1. The molecule has 2 fully saturated rings. The molecule has 9 nitrogen and oxygen atoms in total. The zero-order valence-corrected chi connectivity index (χ0v) is 17.6. The van der Waals surface area contributed by atoms with Crippen LogP contribution in [0.3, 0.4) is 0 Å². The van der Waals surface area contributed by atoms with Gasteiger partial charge < -0.3 is 9.64 Å². The molecule has 3 amide bonds. The van der Waals surface area contributed by atoms with Crippen molar-refractivity contribution in [3.05, 3.63) is 34.2 Å². The highest BCUT2D eigenvalue weighted by Gasteiger charge is 2.37. The van der Waals surface area contributed by atoms with Crippen molar-refractivity contribution in [3.63, 3.8) is 0 Å². The summed E-state index contributed by atoms with van der Waals surface area (Å²) in [7, 11) is 1.68. The lowest BCUT2D eigenvalue weighted by Crippen LogP contribution is -2.50. The first kappa shape index (κ1) is 20.2. The highest BCUT2D eigenvalue weighted by atomic mass is 16.6. The Morgan fingerprint density at radius 1 is 1.17 bits per heavy atom. The van der Waals surface area contributed by atoms with E-state index in [0.29, 0.717) is 25.0 Å². The van der Waals surface area contributed by atoms with Gasteiger partial charge in [-0.1, -0.05) is 12.1 Å². The van der Waals surface area contributed by atoms with E-state index in [2.05, 4.69) is 5.32 Å². The second kappa shape index (κ2) is 7.00. The number of imidazole rings is 1. The van der Waals surface area contributed by atoms with Gasteiger partial charge in [0.1, 0.15) is 11.6 Å². The number of likely N-dealkylation sites (tertiary alicyclic amines) is 1. The van der Waals surface area contributed by atoms with Gasteiger partial charge in [-0.15, -0.1) is 0 Å². The summed E-state index contributed by atoms with van der Waals surface area (Å²) >= 11 is 0. The van der Waals surface area contributed by atoms with Crippen molar-refractivity contribution in [2.45, 2.75) is 51.2 Å². The number of nitrogens with zero attached hydrogens (tertiary/aromatic N) is 3. The molecule has 3 heterocycles. The van der Waals surface area contributed by atoms with E-state index in [1.165, 1.54) is 4.57 Å². The predicted molar refractivity (Wildman–Crippen MR) is 109 cm³/mol. The third kappa shape index (κ3) is 3.38. The van der Waals surface area contributed by atoms with E-state index in [-0.39, 0.29) is 30.0 Å². The minimum atomic E-state index is -0.714. The van der Waals surface area contributed by atoms with E-state index >= 15 is 0 Å². The number of carbonyl (C=O) groups is 3. The molecule has 1 aromatic heterocycles. The Labute approximate surface area is 173 Å². The topological polar surface area (TPSA) is 103 Å². The van der Waals surface area contributed by atoms with Crippen LogP contribution in [-0.4, -0.2) is 50.6 Å². The Morgan fingerprint density at radius 2 is 1.87 bits per heavy atom. The fourth-order valence-corrected chi connectivity index (χ4v) is 4.18. The highest BCUT2D eigenvalue weighted by molar-refractivity contribution is 6.00. The SMILES string of the molecule is Cn1c(=O)n(C2CCC(=O)NC2=O)c2cccc(C3CN(C(=O)OC(C)(C)C)C3)c21. The van der Waals surface area contributed by atoms with Crippen LogP contribution in [0, 0.1) is 0 Å². The third-order valence-electron chi connectivity index (χ3n) is 5.63. The molecule has 0 spiro atoms. The molecule has 2 aliphatic rings. The van der Waals surface area contributed by atoms with Gasteiger partial charge in [-0.05, 0) is 38.8 Å². The number of aryl methyl sites for hydroxylation is 1. The van der Waals surface area contributed by atoms with E-state index in [1.807, 2.05) is 39.0 Å². The summed E-state index contributed by atoms with van der Waals surface area (Å²) in [6.45, 7) is 6.50. The number of ether oxygens (including phenoxy) is 1. The molecule has 9 heteroatoms. The standard InChI is InChI=1S/C21H26N4O5/c1-21(2,3)30-20(29)24-10-12(11-24)13-6-5-7-14-17(13)23(4)19(28)25(14)15-8-9-16(26)22-18(15)27/h5-7,12,15H,8-11H2,1-4H3,(H,22,26,27). The molecule has 160 valence electrons. The van der Waals surface area contributed by atoms with Crippen molar-refractivity contribution in [1.29, 1.82) is 0 Å². The minimum Gasteiger partial charge on any atom is -0.444 e. The summed E-state index contributed by atoms with van der Waals surface area (Å²) in [6, 6.07) is 4.91. The molecule has 1 atom stereocenters. The van der Waals surface area contributed by atoms with Crippen molar-refractivity contribution in [1.82, 2.24) is 19.4 Å². The molecule has 2 aromatic rings. The number of imide groups is 1. The number of amides is 3. The van der Waals surface area contributed by atoms with Crippen LogP contribution < -0.4 is 11.0 Å². The molecular formula is C21H26N4O5. The van der Waals surface area contributed by atoms with Gasteiger partial charge in [0.2, 0.25) is 11.8 Å². The highest BCUT2D eigenvalue weighted by Crippen LogP contribution is 2.34. The normalized spacial score (nSPS) is 20.3. The largest absolute Gasteiger partial charge is 0.444 e. The maximum absolute atomic E-state index is 13.0. The van der Waals surface area contributed by atoms with Crippen molar-refractivity contribution in [3.8, 4) is 0 Å². The smallest absolute Gasteiger partial charge is 0.410 e. The summed E-state index contributed by atoms with van der Waals surface area (Å²) < 4.78 is 8.44. The Kier molecular flexibility index (Phi) is 4.71. The average Bonchev–Trinajstić information content (AvgIpc) is 2.84. The van der Waals surface area contributed by atoms with Gasteiger partial charge >= 0.3 is 11.8 Å². The van der Waals surface area contributed by atoms with Crippen LogP contribution in [-0.2, 0) is 21.4 Å². The van der Waals surface area contributed by atoms with Crippen molar-refractivity contribution in [2.75, 3.05) is 13.1 Å². The molecule has 1 N–H and O–H groups in total. The maximum Gasteiger partial charge on any atom is 0.410 e. The first-order chi connectivity index (χ1) is 14.1. The van der Waals surface area contributed by atoms with Crippen LogP contribution in [0.1, 0.15) is 51.1 Å². The van der Waals surface area contributed by atoms with E-state index in [0.717, 1.165) is 11.1 Å². The quantitative estimate of drug-likeness (QED) is 0.753. The van der Waals surface area contributed by atoms with E-state index in [1.54, 1.807) is 16.5 Å². The molecule has 2 aliphatic heterocycles. The lowest BCUT2D eigenvalue weighted by molar-refractivity contribution is -0.135. The van der Waals surface area contributed by atoms with Gasteiger partial charge in [0.05, 0.1) is 11.0 Å². The van der Waals surface area contributed by atoms with Crippen LogP contribution in [0.5, 0.6) is 0 Å². The van der Waals surface area contributed by atoms with Crippen LogP contribution in [0.25, 0.3) is 11.0 Å². The third-order valence-corrected chi connectivity index (χ3v) is 5.63. The summed E-state index contributed by atoms with van der Waals surface area (Å²) in [6.07, 6.45) is 0.150. The van der Waals surface area contributed by atoms with Gasteiger partial charge in [0.25, 0.3) is 0 Å². The number of para-hydroxylation sites is 1. The predicted octanol–water partition coefficient (Wildman–Crippen LogP) is 1.65. The number of hydrogen-bond donors (Lipinski definition) is 1. The summed E-state index contributed by atoms with van der Waals surface area (Å²) in [4.78, 5) is 50.8. The number of rotatable bonds is 2. The van der Waals surface area contributed by atoms with Crippen LogP contribution in [0.15, 0.2) is 23.0 Å². The fourth-order valence-electron chi connectivity index (χ4n) is 4.18. The van der Waals surface area contributed by atoms with Crippen molar-refractivity contribution < 1.29 is 19.1 Å². The zero-order valence-electron chi connectivity index (χ0n) is 17.6. The number of piperidine rings is 1. The monoisotopic (exact) mass is 414 g/mol. The Hall–Kier alpha value is -3.10. The molecule has 30 heavy (non-hydrogen) atoms. The van der Waals surface area contributed by atoms with Gasteiger partial charge in [0.15, 0.2) is 0 Å². The van der Waals surface area contributed by atoms with Crippen molar-refractivity contribution >= 4 is 28.9 Å². The average molecular weight is 414 g/mol. The van der Waals surface area contributed by atoms with Crippen LogP contribution in [0.4, 0.5) is 4.79 Å². The minimum absolute atomic E-state index is 0.0735. The fraction of sp³-hybridized carbons (Fsp3) is 0.524. The molecule has 0 bridgehead atoms. The van der Waals surface area contributed by atoms with E-state index in [4.69, 9.17) is 4.74 Å². The van der Waals surface area contributed by atoms with Gasteiger partial charge in [-0.25, -0.2) is 9.59 Å². The molecule has 2 saturated heterocycles. The molecule has 1 aromatic carbocycles. The lowest BCUT2D eigenvalue weighted by atomic mass is 9.90. The summed E-state index contributed by atoms with van der Waals surface area (Å²) in [5.41, 5.74) is 1.52. The Morgan fingerprint density at radius 3 is 2.50 bits per heavy atom. The number of fused-ring (bicyclic) bond motifs is 1. The zero-order chi connectivity index (χ0) is 21.8. The first-order valence-corrected chi connectivity index (χ1v) is 10.1. The summed E-state index contributed by atoms with van der Waals surface area (Å²) in [5, 5.41) is 2.32. The second-order valence-electron chi connectivity index (χ2n) is 8.98. The molecule has 1 unspecified atom stereocenters. The molecule has 0 radical (unpaired) electrons. The van der Waals surface area contributed by atoms with E-state index in [9.17, 15) is 19.2 Å². The molecular weight excluding hydrogens is 388 g/mol. The molecule has 4 rings (SSSR count). The number of hydrogen-bond acceptors (Lipinski definition) is 5. The number of aromatic nitrogens is 2. The molecule has 0 saturated carbocycles. The van der Waals surface area contributed by atoms with Gasteiger partial charge in [-0.3, -0.25) is 24.0 Å². The second-order valence-corrected chi connectivity index (χ2v) is 8.98. The Bertz CT molecular complexity index is 1100. The molecule has 0 aliphatic carbocycles. The van der Waals surface area contributed by atoms with Gasteiger partial charge in [-0.2, -0.15) is 0 Å². The maximum atomic E-state index is 13.0. The van der Waals surface area contributed by atoms with Gasteiger partial charge in [0, 0.05) is 32.5 Å². The van der Waals surface area contributed by atoms with Crippen LogP contribution in [0.2, 0.25) is 0 Å². The van der Waals surface area contributed by atoms with Crippen LogP contribution >= 0.6 is 0 Å². The van der Waals surface area contributed by atoms with E-state index < -0.39 is 17.6 Å². The number of benzene rings is 1. The van der Waals surface area contributed by atoms with Crippen molar-refractivity contribution in [2.24, 2.45) is 7.05 Å². The Balaban J connectivity index is 1.65. The summed E-state index contributed by atoms with van der Waals surface area (Å²) in [5.74, 6) is -0.697. The lowest BCUT2D eigenvalue weighted by Gasteiger charge is -2.40. The number of carbonyl (C=O) groups excluding carboxylic acids is 3. The first-order valence-electron chi connectivity index (χ1n) is 10.1.